The smallest absolute Gasteiger partial charge is 0.127 e. The van der Waals surface area contributed by atoms with Crippen molar-refractivity contribution in [3.8, 4) is 0 Å². The largest absolute Gasteiger partial charge is 0.303 e. The van der Waals surface area contributed by atoms with Crippen molar-refractivity contribution in [2.75, 3.05) is 0 Å². The number of aldehydes is 1. The summed E-state index contributed by atoms with van der Waals surface area (Å²) in [5.74, 6) is -0.287. The molecule has 3 nitrogen and oxygen atoms in total. The zero-order chi connectivity index (χ0) is 10.8. The number of benzene rings is 1. The number of carbonyl (C=O) groups is 1. The molecule has 0 spiro atoms. The third kappa shape index (κ3) is 2.16. The Morgan fingerprint density at radius 2 is 2.13 bits per heavy atom. The lowest BCUT2D eigenvalue weighted by Gasteiger charge is -2.14. The van der Waals surface area contributed by atoms with Gasteiger partial charge in [0.05, 0.1) is 12.0 Å². The highest BCUT2D eigenvalue weighted by Crippen LogP contribution is 2.29. The van der Waals surface area contributed by atoms with Crippen molar-refractivity contribution in [2.45, 2.75) is 11.5 Å². The van der Waals surface area contributed by atoms with Crippen molar-refractivity contribution < 1.29 is 4.79 Å². The van der Waals surface area contributed by atoms with Gasteiger partial charge in [-0.1, -0.05) is 23.7 Å². The minimum absolute atomic E-state index is 0.122. The summed E-state index contributed by atoms with van der Waals surface area (Å²) in [5.41, 5.74) is 6.38. The van der Waals surface area contributed by atoms with Crippen LogP contribution in [0.5, 0.6) is 0 Å². The molecule has 0 amide bonds. The van der Waals surface area contributed by atoms with Gasteiger partial charge in [-0.25, -0.2) is 10.9 Å². The maximum Gasteiger partial charge on any atom is 0.127 e. The molecule has 1 saturated heterocycles. The van der Waals surface area contributed by atoms with E-state index in [0.717, 1.165) is 11.8 Å². The standard InChI is InChI=1S/C10H10Cl2N2O/c11-7-3-1-2-6(4-7)9-8(5-15)10(12)14-13-9/h1-5,8-10,13-14H. The molecule has 1 aromatic rings. The molecule has 1 heterocycles. The third-order valence-corrected chi connectivity index (χ3v) is 3.10. The van der Waals surface area contributed by atoms with Crippen molar-refractivity contribution in [3.05, 3.63) is 34.9 Å². The summed E-state index contributed by atoms with van der Waals surface area (Å²) in [6.07, 6.45) is 0.857. The van der Waals surface area contributed by atoms with Gasteiger partial charge in [0.25, 0.3) is 0 Å². The lowest BCUT2D eigenvalue weighted by molar-refractivity contribution is -0.111. The van der Waals surface area contributed by atoms with Gasteiger partial charge < -0.3 is 4.79 Å². The van der Waals surface area contributed by atoms with Crippen LogP contribution in [0.2, 0.25) is 5.02 Å². The Morgan fingerprint density at radius 1 is 1.33 bits per heavy atom. The Hall–Kier alpha value is -0.610. The first-order valence-corrected chi connectivity index (χ1v) is 5.39. The first-order valence-electron chi connectivity index (χ1n) is 4.58. The van der Waals surface area contributed by atoms with E-state index in [-0.39, 0.29) is 17.5 Å². The number of hydrogen-bond donors (Lipinski definition) is 2. The molecule has 2 N–H and O–H groups in total. The van der Waals surface area contributed by atoms with Crippen LogP contribution in [-0.4, -0.2) is 11.8 Å². The second kappa shape index (κ2) is 4.49. The van der Waals surface area contributed by atoms with E-state index in [1.54, 1.807) is 6.07 Å². The minimum atomic E-state index is -0.383. The van der Waals surface area contributed by atoms with Crippen LogP contribution in [0.15, 0.2) is 24.3 Å². The number of nitrogens with one attached hydrogen (secondary N) is 2. The average Bonchev–Trinajstić information content (AvgIpc) is 2.59. The maximum atomic E-state index is 10.9. The highest BCUT2D eigenvalue weighted by atomic mass is 35.5. The summed E-state index contributed by atoms with van der Waals surface area (Å²) in [6.45, 7) is 0. The summed E-state index contributed by atoms with van der Waals surface area (Å²) in [4.78, 5) is 10.9. The predicted molar refractivity (Wildman–Crippen MR) is 59.7 cm³/mol. The van der Waals surface area contributed by atoms with Gasteiger partial charge in [-0.15, -0.1) is 11.6 Å². The lowest BCUT2D eigenvalue weighted by atomic mass is 9.96. The van der Waals surface area contributed by atoms with Crippen LogP contribution < -0.4 is 10.9 Å². The minimum Gasteiger partial charge on any atom is -0.303 e. The van der Waals surface area contributed by atoms with Crippen molar-refractivity contribution >= 4 is 29.5 Å². The molecule has 0 radical (unpaired) electrons. The molecule has 0 bridgehead atoms. The van der Waals surface area contributed by atoms with E-state index in [0.29, 0.717) is 5.02 Å². The molecule has 0 saturated carbocycles. The number of rotatable bonds is 2. The van der Waals surface area contributed by atoms with Gasteiger partial charge in [0.1, 0.15) is 11.8 Å². The Labute approximate surface area is 97.7 Å². The topological polar surface area (TPSA) is 41.1 Å². The summed E-state index contributed by atoms with van der Waals surface area (Å²) >= 11 is 11.8. The Bertz CT molecular complexity index is 372. The van der Waals surface area contributed by atoms with E-state index in [2.05, 4.69) is 10.9 Å². The van der Waals surface area contributed by atoms with Crippen molar-refractivity contribution in [1.29, 1.82) is 0 Å². The monoisotopic (exact) mass is 244 g/mol. The first kappa shape index (κ1) is 10.9. The molecule has 0 aliphatic carbocycles. The third-order valence-electron chi connectivity index (χ3n) is 2.46. The van der Waals surface area contributed by atoms with Gasteiger partial charge in [0.15, 0.2) is 0 Å². The van der Waals surface area contributed by atoms with Crippen LogP contribution in [0.3, 0.4) is 0 Å². The van der Waals surface area contributed by atoms with Gasteiger partial charge in [0, 0.05) is 5.02 Å². The Balaban J connectivity index is 2.27. The van der Waals surface area contributed by atoms with E-state index in [9.17, 15) is 4.79 Å². The fraction of sp³-hybridized carbons (Fsp3) is 0.300. The molecule has 2 rings (SSSR count). The summed E-state index contributed by atoms with van der Waals surface area (Å²) in [7, 11) is 0. The van der Waals surface area contributed by atoms with Crippen molar-refractivity contribution in [2.24, 2.45) is 5.92 Å². The van der Waals surface area contributed by atoms with Gasteiger partial charge >= 0.3 is 0 Å². The quantitative estimate of drug-likeness (QED) is 0.474. The Morgan fingerprint density at radius 3 is 2.80 bits per heavy atom. The van der Waals surface area contributed by atoms with Crippen molar-refractivity contribution in [1.82, 2.24) is 10.9 Å². The van der Waals surface area contributed by atoms with E-state index in [1.807, 2.05) is 18.2 Å². The molecule has 0 aromatic heterocycles. The zero-order valence-corrected chi connectivity index (χ0v) is 9.29. The highest BCUT2D eigenvalue weighted by Gasteiger charge is 2.35. The molecule has 1 aliphatic heterocycles. The van der Waals surface area contributed by atoms with Gasteiger partial charge in [0.2, 0.25) is 0 Å². The number of carbonyl (C=O) groups excluding carboxylic acids is 1. The number of hydrazine groups is 1. The van der Waals surface area contributed by atoms with Gasteiger partial charge in [-0.3, -0.25) is 0 Å². The molecule has 80 valence electrons. The molecule has 5 heteroatoms. The Kier molecular flexibility index (Phi) is 3.26. The van der Waals surface area contributed by atoms with Crippen LogP contribution in [-0.2, 0) is 4.79 Å². The summed E-state index contributed by atoms with van der Waals surface area (Å²) in [5, 5.41) is 0.650. The van der Waals surface area contributed by atoms with Crippen LogP contribution >= 0.6 is 23.2 Å². The van der Waals surface area contributed by atoms with E-state index in [4.69, 9.17) is 23.2 Å². The van der Waals surface area contributed by atoms with Crippen LogP contribution in [0, 0.1) is 5.92 Å². The maximum absolute atomic E-state index is 10.9. The molecule has 15 heavy (non-hydrogen) atoms. The van der Waals surface area contributed by atoms with Crippen LogP contribution in [0.25, 0.3) is 0 Å². The molecule has 1 aromatic carbocycles. The summed E-state index contributed by atoms with van der Waals surface area (Å²) in [6, 6.07) is 7.26. The molecular formula is C10H10Cl2N2O. The number of alkyl halides is 1. The highest BCUT2D eigenvalue weighted by molar-refractivity contribution is 6.30. The zero-order valence-electron chi connectivity index (χ0n) is 7.78. The number of halogens is 2. The molecule has 3 unspecified atom stereocenters. The average molecular weight is 245 g/mol. The van der Waals surface area contributed by atoms with E-state index in [1.165, 1.54) is 0 Å². The summed E-state index contributed by atoms with van der Waals surface area (Å²) < 4.78 is 0. The van der Waals surface area contributed by atoms with Crippen molar-refractivity contribution in [3.63, 3.8) is 0 Å². The number of hydrogen-bond acceptors (Lipinski definition) is 3. The van der Waals surface area contributed by atoms with Gasteiger partial charge in [-0.2, -0.15) is 0 Å². The van der Waals surface area contributed by atoms with Gasteiger partial charge in [-0.05, 0) is 17.7 Å². The van der Waals surface area contributed by atoms with E-state index < -0.39 is 0 Å². The molecule has 1 fully saturated rings. The second-order valence-corrected chi connectivity index (χ2v) is 4.34. The molecule has 1 aliphatic rings. The normalized spacial score (nSPS) is 30.4. The SMILES string of the molecule is O=CC1C(Cl)NNC1c1cccc(Cl)c1. The lowest BCUT2D eigenvalue weighted by Crippen LogP contribution is -2.27. The van der Waals surface area contributed by atoms with E-state index >= 15 is 0 Å². The van der Waals surface area contributed by atoms with Crippen LogP contribution in [0.1, 0.15) is 11.6 Å². The second-order valence-electron chi connectivity index (χ2n) is 3.44. The van der Waals surface area contributed by atoms with Crippen LogP contribution in [0.4, 0.5) is 0 Å². The fourth-order valence-corrected chi connectivity index (χ4v) is 2.15. The fourth-order valence-electron chi connectivity index (χ4n) is 1.68. The molecular weight excluding hydrogens is 235 g/mol. The first-order chi connectivity index (χ1) is 7.22. The molecule has 3 atom stereocenters. The predicted octanol–water partition coefficient (Wildman–Crippen LogP) is 1.87.